The fourth-order valence-electron chi connectivity index (χ4n) is 1.54. The Morgan fingerprint density at radius 3 is 2.46 bits per heavy atom. The summed E-state index contributed by atoms with van der Waals surface area (Å²) in [6.45, 7) is 5.87. The SMILES string of the molecule is Cc1ccc([C@@](C)(N)CO)c(C)c1. The van der Waals surface area contributed by atoms with Crippen LogP contribution < -0.4 is 5.73 Å². The molecule has 13 heavy (non-hydrogen) atoms. The number of hydrogen-bond acceptors (Lipinski definition) is 2. The molecule has 1 aromatic carbocycles. The van der Waals surface area contributed by atoms with Gasteiger partial charge in [0.25, 0.3) is 0 Å². The van der Waals surface area contributed by atoms with E-state index in [1.807, 2.05) is 32.9 Å². The second-order valence-electron chi connectivity index (χ2n) is 3.89. The molecule has 0 saturated carbocycles. The molecule has 1 rings (SSSR count). The summed E-state index contributed by atoms with van der Waals surface area (Å²) in [6, 6.07) is 6.08. The normalized spacial score (nSPS) is 15.5. The fourth-order valence-corrected chi connectivity index (χ4v) is 1.54. The quantitative estimate of drug-likeness (QED) is 0.722. The number of aryl methyl sites for hydroxylation is 2. The van der Waals surface area contributed by atoms with Gasteiger partial charge in [0.15, 0.2) is 0 Å². The minimum absolute atomic E-state index is 0.0309. The first-order chi connectivity index (χ1) is 5.97. The predicted molar refractivity (Wildman–Crippen MR) is 54.5 cm³/mol. The van der Waals surface area contributed by atoms with Crippen LogP contribution in [0.3, 0.4) is 0 Å². The molecule has 72 valence electrons. The van der Waals surface area contributed by atoms with Crippen molar-refractivity contribution in [3.63, 3.8) is 0 Å². The third kappa shape index (κ3) is 2.08. The largest absolute Gasteiger partial charge is 0.394 e. The molecule has 0 radical (unpaired) electrons. The van der Waals surface area contributed by atoms with Gasteiger partial charge in [-0.2, -0.15) is 0 Å². The lowest BCUT2D eigenvalue weighted by Crippen LogP contribution is -2.37. The average molecular weight is 179 g/mol. The topological polar surface area (TPSA) is 46.2 Å². The molecule has 0 saturated heterocycles. The second-order valence-corrected chi connectivity index (χ2v) is 3.89. The van der Waals surface area contributed by atoms with Gasteiger partial charge < -0.3 is 10.8 Å². The Bertz CT molecular complexity index is 305. The van der Waals surface area contributed by atoms with Gasteiger partial charge in [-0.05, 0) is 31.9 Å². The third-order valence-corrected chi connectivity index (χ3v) is 2.33. The van der Waals surface area contributed by atoms with E-state index in [1.54, 1.807) is 0 Å². The van der Waals surface area contributed by atoms with E-state index in [2.05, 4.69) is 6.07 Å². The van der Waals surface area contributed by atoms with Crippen LogP contribution in [-0.4, -0.2) is 11.7 Å². The smallest absolute Gasteiger partial charge is 0.0650 e. The number of hydrogen-bond donors (Lipinski definition) is 2. The summed E-state index contributed by atoms with van der Waals surface area (Å²) in [7, 11) is 0. The van der Waals surface area contributed by atoms with E-state index in [-0.39, 0.29) is 6.61 Å². The van der Waals surface area contributed by atoms with Gasteiger partial charge in [0, 0.05) is 0 Å². The Morgan fingerprint density at radius 1 is 1.38 bits per heavy atom. The summed E-state index contributed by atoms with van der Waals surface area (Å²) in [5, 5.41) is 9.12. The van der Waals surface area contributed by atoms with Crippen molar-refractivity contribution < 1.29 is 5.11 Å². The van der Waals surface area contributed by atoms with E-state index < -0.39 is 5.54 Å². The molecule has 0 aliphatic rings. The van der Waals surface area contributed by atoms with Crippen molar-refractivity contribution in [3.8, 4) is 0 Å². The molecule has 1 aromatic rings. The van der Waals surface area contributed by atoms with Gasteiger partial charge in [-0.15, -0.1) is 0 Å². The van der Waals surface area contributed by atoms with E-state index >= 15 is 0 Å². The number of aliphatic hydroxyl groups is 1. The Balaban J connectivity index is 3.16. The van der Waals surface area contributed by atoms with Crippen molar-refractivity contribution in [2.24, 2.45) is 5.73 Å². The first kappa shape index (κ1) is 10.2. The molecule has 0 aromatic heterocycles. The number of benzene rings is 1. The monoisotopic (exact) mass is 179 g/mol. The molecular formula is C11H17NO. The van der Waals surface area contributed by atoms with Crippen LogP contribution in [0.15, 0.2) is 18.2 Å². The Hall–Kier alpha value is -0.860. The van der Waals surface area contributed by atoms with Crippen molar-refractivity contribution in [1.82, 2.24) is 0 Å². The van der Waals surface area contributed by atoms with Gasteiger partial charge in [-0.3, -0.25) is 0 Å². The highest BCUT2D eigenvalue weighted by atomic mass is 16.3. The molecule has 1 atom stereocenters. The molecule has 0 heterocycles. The van der Waals surface area contributed by atoms with Crippen molar-refractivity contribution >= 4 is 0 Å². The van der Waals surface area contributed by atoms with Crippen LogP contribution in [0.4, 0.5) is 0 Å². The first-order valence-corrected chi connectivity index (χ1v) is 4.45. The van der Waals surface area contributed by atoms with Crippen LogP contribution in [0.2, 0.25) is 0 Å². The molecule has 0 aliphatic carbocycles. The number of nitrogens with two attached hydrogens (primary N) is 1. The van der Waals surface area contributed by atoms with Gasteiger partial charge in [-0.25, -0.2) is 0 Å². The van der Waals surface area contributed by atoms with E-state index in [9.17, 15) is 0 Å². The van der Waals surface area contributed by atoms with Gasteiger partial charge in [0.1, 0.15) is 0 Å². The van der Waals surface area contributed by atoms with Crippen molar-refractivity contribution in [3.05, 3.63) is 34.9 Å². The molecule has 0 unspecified atom stereocenters. The molecule has 2 heteroatoms. The zero-order valence-electron chi connectivity index (χ0n) is 8.46. The molecular weight excluding hydrogens is 162 g/mol. The zero-order chi connectivity index (χ0) is 10.1. The molecule has 0 aliphatic heterocycles. The average Bonchev–Trinajstić information content (AvgIpc) is 2.03. The molecule has 0 amide bonds. The van der Waals surface area contributed by atoms with E-state index in [1.165, 1.54) is 5.56 Å². The first-order valence-electron chi connectivity index (χ1n) is 4.45. The summed E-state index contributed by atoms with van der Waals surface area (Å²) >= 11 is 0. The van der Waals surface area contributed by atoms with Crippen LogP contribution in [-0.2, 0) is 5.54 Å². The van der Waals surface area contributed by atoms with Gasteiger partial charge >= 0.3 is 0 Å². The fraction of sp³-hybridized carbons (Fsp3) is 0.455. The van der Waals surface area contributed by atoms with E-state index in [4.69, 9.17) is 10.8 Å². The van der Waals surface area contributed by atoms with E-state index in [0.717, 1.165) is 11.1 Å². The summed E-state index contributed by atoms with van der Waals surface area (Å²) in [5.74, 6) is 0. The highest BCUT2D eigenvalue weighted by molar-refractivity contribution is 5.35. The zero-order valence-corrected chi connectivity index (χ0v) is 8.46. The lowest BCUT2D eigenvalue weighted by atomic mass is 9.89. The van der Waals surface area contributed by atoms with Crippen LogP contribution in [0, 0.1) is 13.8 Å². The van der Waals surface area contributed by atoms with E-state index in [0.29, 0.717) is 0 Å². The minimum atomic E-state index is -0.627. The summed E-state index contributed by atoms with van der Waals surface area (Å²) < 4.78 is 0. The summed E-state index contributed by atoms with van der Waals surface area (Å²) in [5.41, 5.74) is 8.68. The highest BCUT2D eigenvalue weighted by Gasteiger charge is 2.21. The third-order valence-electron chi connectivity index (χ3n) is 2.33. The minimum Gasteiger partial charge on any atom is -0.394 e. The van der Waals surface area contributed by atoms with Gasteiger partial charge in [-0.1, -0.05) is 23.8 Å². The molecule has 0 bridgehead atoms. The summed E-state index contributed by atoms with van der Waals surface area (Å²) in [6.07, 6.45) is 0. The van der Waals surface area contributed by atoms with Crippen molar-refractivity contribution in [1.29, 1.82) is 0 Å². The molecule has 2 nitrogen and oxygen atoms in total. The Morgan fingerprint density at radius 2 is 2.00 bits per heavy atom. The molecule has 0 spiro atoms. The second kappa shape index (κ2) is 3.48. The van der Waals surface area contributed by atoms with Crippen LogP contribution in [0.1, 0.15) is 23.6 Å². The van der Waals surface area contributed by atoms with Crippen LogP contribution >= 0.6 is 0 Å². The van der Waals surface area contributed by atoms with Gasteiger partial charge in [0.2, 0.25) is 0 Å². The predicted octanol–water partition coefficient (Wildman–Crippen LogP) is 1.47. The van der Waals surface area contributed by atoms with Crippen molar-refractivity contribution in [2.75, 3.05) is 6.61 Å². The summed E-state index contributed by atoms with van der Waals surface area (Å²) in [4.78, 5) is 0. The maximum atomic E-state index is 9.12. The lowest BCUT2D eigenvalue weighted by Gasteiger charge is -2.24. The molecule has 3 N–H and O–H groups in total. The number of rotatable bonds is 2. The highest BCUT2D eigenvalue weighted by Crippen LogP contribution is 2.21. The Labute approximate surface area is 79.4 Å². The standard InChI is InChI=1S/C11H17NO/c1-8-4-5-10(9(2)6-8)11(3,12)7-13/h4-6,13H,7,12H2,1-3H3/t11-/m0/s1. The van der Waals surface area contributed by atoms with Crippen LogP contribution in [0.25, 0.3) is 0 Å². The van der Waals surface area contributed by atoms with Gasteiger partial charge in [0.05, 0.1) is 12.1 Å². The number of aliphatic hydroxyl groups excluding tert-OH is 1. The van der Waals surface area contributed by atoms with Crippen LogP contribution in [0.5, 0.6) is 0 Å². The van der Waals surface area contributed by atoms with Crippen molar-refractivity contribution in [2.45, 2.75) is 26.3 Å². The Kier molecular flexibility index (Phi) is 2.74. The maximum Gasteiger partial charge on any atom is 0.0650 e. The molecule has 0 fully saturated rings. The maximum absolute atomic E-state index is 9.12. The lowest BCUT2D eigenvalue weighted by molar-refractivity contribution is 0.209.